The summed E-state index contributed by atoms with van der Waals surface area (Å²) in [4.78, 5) is 61.2. The Morgan fingerprint density at radius 3 is 2.22 bits per heavy atom. The lowest BCUT2D eigenvalue weighted by Crippen LogP contribution is -2.55. The normalized spacial score (nSPS) is 20.4. The minimum atomic E-state index is -3.22. The number of aromatic nitrogens is 1. The van der Waals surface area contributed by atoms with Crippen molar-refractivity contribution in [2.45, 2.75) is 63.6 Å². The van der Waals surface area contributed by atoms with Crippen LogP contribution < -0.4 is 10.9 Å². The average Bonchev–Trinajstić information content (AvgIpc) is 3.33. The summed E-state index contributed by atoms with van der Waals surface area (Å²) >= 11 is 0. The number of amides is 4. The van der Waals surface area contributed by atoms with Crippen LogP contribution in [0.25, 0.3) is 10.9 Å². The van der Waals surface area contributed by atoms with Gasteiger partial charge in [0.1, 0.15) is 0 Å². The summed E-state index contributed by atoms with van der Waals surface area (Å²) in [5.74, 6) is -0.238. The molecule has 54 heavy (non-hydrogen) atoms. The number of para-hydroxylation sites is 1. The van der Waals surface area contributed by atoms with Crippen molar-refractivity contribution in [1.29, 1.82) is 0 Å². The monoisotopic (exact) mass is 761 g/mol. The Morgan fingerprint density at radius 1 is 0.852 bits per heavy atom. The summed E-state index contributed by atoms with van der Waals surface area (Å²) < 4.78 is 33.3. The van der Waals surface area contributed by atoms with Crippen molar-refractivity contribution in [3.63, 3.8) is 0 Å². The molecule has 1 N–H and O–H groups in total. The second kappa shape index (κ2) is 15.7. The van der Waals surface area contributed by atoms with Crippen molar-refractivity contribution in [3.8, 4) is 0 Å². The molecule has 7 rings (SSSR count). The van der Waals surface area contributed by atoms with Gasteiger partial charge in [-0.2, -0.15) is 4.31 Å². The van der Waals surface area contributed by atoms with E-state index >= 15 is 0 Å². The van der Waals surface area contributed by atoms with Crippen molar-refractivity contribution < 1.29 is 27.5 Å². The van der Waals surface area contributed by atoms with Gasteiger partial charge in [-0.15, -0.1) is 0 Å². The number of ether oxygens (including phenoxy) is 1. The van der Waals surface area contributed by atoms with Gasteiger partial charge < -0.3 is 29.3 Å². The highest BCUT2D eigenvalue weighted by atomic mass is 32.2. The van der Waals surface area contributed by atoms with E-state index < -0.39 is 22.2 Å². The number of carbonyl (C=O) groups excluding carboxylic acids is 3. The molecule has 5 heterocycles. The van der Waals surface area contributed by atoms with Gasteiger partial charge in [-0.25, -0.2) is 18.0 Å². The van der Waals surface area contributed by atoms with Crippen LogP contribution in [-0.2, 0) is 39.4 Å². The number of nitrogens with zero attached hydrogens (tertiary/aromatic N) is 6. The summed E-state index contributed by atoms with van der Waals surface area (Å²) in [7, 11) is -1.48. The number of piperazine rings is 1. The van der Waals surface area contributed by atoms with Gasteiger partial charge in [0.2, 0.25) is 10.0 Å². The predicted molar refractivity (Wildman–Crippen MR) is 206 cm³/mol. The largest absolute Gasteiger partial charge is 0.436 e. The van der Waals surface area contributed by atoms with Crippen molar-refractivity contribution in [3.05, 3.63) is 75.6 Å². The Labute approximate surface area is 316 Å². The van der Waals surface area contributed by atoms with Gasteiger partial charge in [-0.3, -0.25) is 14.5 Å². The first kappa shape index (κ1) is 37.8. The number of urea groups is 1. The molecule has 0 bridgehead atoms. The third-order valence-corrected chi connectivity index (χ3v) is 13.0. The number of hydrogen-bond acceptors (Lipinski definition) is 8. The fraction of sp³-hybridized carbons (Fsp3) is 0.538. The molecule has 3 aromatic rings. The van der Waals surface area contributed by atoms with E-state index in [2.05, 4.69) is 10.2 Å². The van der Waals surface area contributed by atoms with E-state index in [1.165, 1.54) is 16.6 Å². The smallest absolute Gasteiger partial charge is 0.410 e. The molecule has 3 fully saturated rings. The van der Waals surface area contributed by atoms with Crippen LogP contribution >= 0.6 is 0 Å². The van der Waals surface area contributed by atoms with E-state index in [-0.39, 0.29) is 36.0 Å². The molecule has 290 valence electrons. The quantitative estimate of drug-likeness (QED) is 0.387. The van der Waals surface area contributed by atoms with E-state index in [0.717, 1.165) is 52.5 Å². The maximum absolute atomic E-state index is 14.3. The van der Waals surface area contributed by atoms with Crippen LogP contribution in [0, 0.1) is 6.92 Å². The number of piperidine rings is 2. The maximum Gasteiger partial charge on any atom is 0.410 e. The molecule has 1 aromatic heterocycles. The highest BCUT2D eigenvalue weighted by Crippen LogP contribution is 2.27. The second-order valence-electron chi connectivity index (χ2n) is 15.2. The summed E-state index contributed by atoms with van der Waals surface area (Å²) in [6, 6.07) is 15.1. The van der Waals surface area contributed by atoms with Gasteiger partial charge in [-0.05, 0) is 79.3 Å². The Bertz CT molecular complexity index is 2060. The van der Waals surface area contributed by atoms with Gasteiger partial charge in [0.15, 0.2) is 6.10 Å². The molecule has 15 heteroatoms. The molecule has 0 saturated carbocycles. The Morgan fingerprint density at radius 2 is 1.52 bits per heavy atom. The molecule has 14 nitrogen and oxygen atoms in total. The number of nitrogens with one attached hydrogen (secondary N) is 1. The lowest BCUT2D eigenvalue weighted by atomic mass is 9.98. The lowest BCUT2D eigenvalue weighted by molar-refractivity contribution is -0.142. The standard InChI is InChI=1S/C39H51N7O7S/c1-27-24-28(25-30-8-9-35(47)41(2)36(27)30)26-34(37(48)43-15-11-31(12-16-43)42-20-22-45(23-21-42)54(3,51)52)53-39(50)44-17-13-32(14-18-44)46-19-10-29-6-4-5-7-33(29)40-38(46)49/h4-9,24-25,31-32,34H,10-23,26H2,1-3H3,(H,40,49). The number of hydrogen-bond donors (Lipinski definition) is 1. The number of sulfonamides is 1. The predicted octanol–water partition coefficient (Wildman–Crippen LogP) is 3.02. The molecule has 3 saturated heterocycles. The Balaban J connectivity index is 1.02. The molecule has 4 aliphatic rings. The Hall–Kier alpha value is -4.47. The van der Waals surface area contributed by atoms with Crippen LogP contribution in [-0.4, -0.2) is 138 Å². The third-order valence-electron chi connectivity index (χ3n) is 11.7. The van der Waals surface area contributed by atoms with Crippen molar-refractivity contribution in [2.24, 2.45) is 7.05 Å². The number of rotatable bonds is 7. The summed E-state index contributed by atoms with van der Waals surface area (Å²) in [5.41, 5.74) is 4.37. The number of pyridine rings is 1. The topological polar surface area (TPSA) is 145 Å². The van der Waals surface area contributed by atoms with E-state index in [0.29, 0.717) is 71.7 Å². The van der Waals surface area contributed by atoms with Crippen LogP contribution in [0.2, 0.25) is 0 Å². The average molecular weight is 762 g/mol. The van der Waals surface area contributed by atoms with E-state index in [1.54, 1.807) is 27.5 Å². The fourth-order valence-corrected chi connectivity index (χ4v) is 9.54. The number of benzene rings is 2. The van der Waals surface area contributed by atoms with Crippen molar-refractivity contribution in [2.75, 3.05) is 70.5 Å². The highest BCUT2D eigenvalue weighted by Gasteiger charge is 2.37. The van der Waals surface area contributed by atoms with Crippen LogP contribution in [0.1, 0.15) is 42.4 Å². The maximum atomic E-state index is 14.3. The first-order valence-electron chi connectivity index (χ1n) is 19.0. The highest BCUT2D eigenvalue weighted by molar-refractivity contribution is 7.88. The van der Waals surface area contributed by atoms with E-state index in [1.807, 2.05) is 48.2 Å². The minimum absolute atomic E-state index is 0.0204. The number of likely N-dealkylation sites (tertiary alicyclic amines) is 2. The van der Waals surface area contributed by atoms with E-state index in [9.17, 15) is 27.6 Å². The molecule has 4 aliphatic heterocycles. The summed E-state index contributed by atoms with van der Waals surface area (Å²) in [6.07, 6.45) is 3.29. The molecular formula is C39H51N7O7S. The van der Waals surface area contributed by atoms with Gasteiger partial charge in [0.25, 0.3) is 11.5 Å². The first-order valence-corrected chi connectivity index (χ1v) is 20.9. The summed E-state index contributed by atoms with van der Waals surface area (Å²) in [5, 5.41) is 3.91. The fourth-order valence-electron chi connectivity index (χ4n) is 8.71. The molecule has 0 aliphatic carbocycles. The molecule has 1 atom stereocenters. The van der Waals surface area contributed by atoms with Crippen LogP contribution in [0.3, 0.4) is 0 Å². The van der Waals surface area contributed by atoms with Crippen LogP contribution in [0.4, 0.5) is 15.3 Å². The lowest BCUT2D eigenvalue weighted by Gasteiger charge is -2.42. The zero-order valence-electron chi connectivity index (χ0n) is 31.4. The first-order chi connectivity index (χ1) is 25.9. The zero-order valence-corrected chi connectivity index (χ0v) is 32.2. The number of anilines is 1. The molecule has 0 spiro atoms. The molecule has 4 amide bonds. The van der Waals surface area contributed by atoms with Gasteiger partial charge >= 0.3 is 12.1 Å². The van der Waals surface area contributed by atoms with Gasteiger partial charge in [0, 0.05) is 96.2 Å². The zero-order chi connectivity index (χ0) is 38.1. The molecule has 2 aromatic carbocycles. The molecule has 0 radical (unpaired) electrons. The molecular weight excluding hydrogens is 711 g/mol. The second-order valence-corrected chi connectivity index (χ2v) is 17.1. The summed E-state index contributed by atoms with van der Waals surface area (Å²) in [6.45, 7) is 6.61. The number of aryl methyl sites for hydroxylation is 2. The van der Waals surface area contributed by atoms with Crippen molar-refractivity contribution >= 4 is 44.6 Å². The Kier molecular flexibility index (Phi) is 11.0. The third kappa shape index (κ3) is 8.13. The van der Waals surface area contributed by atoms with Crippen molar-refractivity contribution in [1.82, 2.24) is 28.5 Å². The van der Waals surface area contributed by atoms with Gasteiger partial charge in [0.05, 0.1) is 11.8 Å². The number of fused-ring (bicyclic) bond motifs is 2. The van der Waals surface area contributed by atoms with Gasteiger partial charge in [-0.1, -0.05) is 24.3 Å². The minimum Gasteiger partial charge on any atom is -0.436 e. The van der Waals surface area contributed by atoms with Crippen LogP contribution in [0.15, 0.2) is 53.3 Å². The number of carbonyl (C=O) groups is 3. The SMILES string of the molecule is Cc1cc(CC(OC(=O)N2CCC(N3CCc4ccccc4NC3=O)CC2)C(=O)N2CCC(N3CCN(S(C)(=O)=O)CC3)CC2)cc2ccc(=O)n(C)c12. The van der Waals surface area contributed by atoms with Crippen LogP contribution in [0.5, 0.6) is 0 Å². The molecule has 1 unspecified atom stereocenters. The van der Waals surface area contributed by atoms with E-state index in [4.69, 9.17) is 4.74 Å².